The van der Waals surface area contributed by atoms with Gasteiger partial charge in [-0.25, -0.2) is 4.98 Å². The first kappa shape index (κ1) is 18.5. The minimum atomic E-state index is 0.303. The molecular weight excluding hydrogens is 278 g/mol. The van der Waals surface area contributed by atoms with E-state index in [2.05, 4.69) is 39.0 Å². The highest BCUT2D eigenvalue weighted by atomic mass is 16.5. The Bertz CT molecular complexity index is 403. The zero-order valence-corrected chi connectivity index (χ0v) is 14.4. The lowest BCUT2D eigenvalue weighted by molar-refractivity contribution is 0.0258. The zero-order chi connectivity index (χ0) is 16.2. The largest absolute Gasteiger partial charge is 0.378 e. The quantitative estimate of drug-likeness (QED) is 0.393. The van der Waals surface area contributed by atoms with Crippen molar-refractivity contribution < 1.29 is 4.74 Å². The number of aryl methyl sites for hydroxylation is 1. The third-order valence-corrected chi connectivity index (χ3v) is 3.51. The minimum Gasteiger partial charge on any atom is -0.378 e. The van der Waals surface area contributed by atoms with Crippen LogP contribution in [0.15, 0.2) is 23.7 Å². The van der Waals surface area contributed by atoms with E-state index in [0.29, 0.717) is 12.0 Å². The molecule has 1 heterocycles. The van der Waals surface area contributed by atoms with Crippen LogP contribution in [0.5, 0.6) is 0 Å². The Morgan fingerprint density at radius 2 is 2.09 bits per heavy atom. The maximum atomic E-state index is 5.75. The number of hydrogen-bond acceptors (Lipinski definition) is 3. The molecule has 1 rings (SSSR count). The number of nitrogens with zero attached hydrogens (tertiary/aromatic N) is 3. The smallest absolute Gasteiger partial charge is 0.190 e. The standard InChI is InChI=1S/C16H31N5O/c1-5-22-15(14(2)3)7-9-20-16(17-4)19-8-6-11-21-12-10-18-13-21/h10,12-15H,5-9,11H2,1-4H3,(H2,17,19,20). The van der Waals surface area contributed by atoms with E-state index in [0.717, 1.165) is 45.0 Å². The molecule has 2 N–H and O–H groups in total. The van der Waals surface area contributed by atoms with Crippen molar-refractivity contribution >= 4 is 5.96 Å². The molecule has 1 aromatic heterocycles. The van der Waals surface area contributed by atoms with Crippen molar-refractivity contribution in [2.24, 2.45) is 10.9 Å². The summed E-state index contributed by atoms with van der Waals surface area (Å²) in [6.45, 7) is 9.92. The van der Waals surface area contributed by atoms with Crippen LogP contribution in [0.3, 0.4) is 0 Å². The van der Waals surface area contributed by atoms with Crippen LogP contribution in [0.4, 0.5) is 0 Å². The van der Waals surface area contributed by atoms with Gasteiger partial charge in [-0.15, -0.1) is 0 Å². The molecule has 1 aromatic rings. The Morgan fingerprint density at radius 1 is 1.32 bits per heavy atom. The summed E-state index contributed by atoms with van der Waals surface area (Å²) < 4.78 is 7.83. The van der Waals surface area contributed by atoms with Crippen LogP contribution in [0.1, 0.15) is 33.6 Å². The van der Waals surface area contributed by atoms with Crippen LogP contribution in [-0.2, 0) is 11.3 Å². The second-order valence-corrected chi connectivity index (χ2v) is 5.61. The predicted molar refractivity (Wildman–Crippen MR) is 91.1 cm³/mol. The Morgan fingerprint density at radius 3 is 2.68 bits per heavy atom. The van der Waals surface area contributed by atoms with Gasteiger partial charge in [-0.05, 0) is 25.7 Å². The van der Waals surface area contributed by atoms with Crippen LogP contribution in [0, 0.1) is 5.92 Å². The molecule has 0 saturated heterocycles. The molecule has 0 fully saturated rings. The second-order valence-electron chi connectivity index (χ2n) is 5.61. The average Bonchev–Trinajstić information content (AvgIpc) is 3.01. The molecule has 6 heteroatoms. The Labute approximate surface area is 134 Å². The van der Waals surface area contributed by atoms with Gasteiger partial charge in [-0.3, -0.25) is 4.99 Å². The molecule has 6 nitrogen and oxygen atoms in total. The van der Waals surface area contributed by atoms with Gasteiger partial charge >= 0.3 is 0 Å². The number of imidazole rings is 1. The lowest BCUT2D eigenvalue weighted by Crippen LogP contribution is -2.39. The average molecular weight is 309 g/mol. The summed E-state index contributed by atoms with van der Waals surface area (Å²) in [6, 6.07) is 0. The van der Waals surface area contributed by atoms with Gasteiger partial charge in [-0.2, -0.15) is 0 Å². The molecule has 0 aliphatic carbocycles. The molecule has 1 atom stereocenters. The van der Waals surface area contributed by atoms with Crippen LogP contribution < -0.4 is 10.6 Å². The van der Waals surface area contributed by atoms with E-state index in [1.54, 1.807) is 13.2 Å². The molecule has 0 aromatic carbocycles. The molecule has 0 radical (unpaired) electrons. The van der Waals surface area contributed by atoms with Gasteiger partial charge in [0.15, 0.2) is 5.96 Å². The number of hydrogen-bond donors (Lipinski definition) is 2. The third-order valence-electron chi connectivity index (χ3n) is 3.51. The molecule has 0 spiro atoms. The first-order valence-corrected chi connectivity index (χ1v) is 8.19. The Hall–Kier alpha value is -1.56. The van der Waals surface area contributed by atoms with Crippen molar-refractivity contribution in [1.29, 1.82) is 0 Å². The number of aromatic nitrogens is 2. The zero-order valence-electron chi connectivity index (χ0n) is 14.4. The van der Waals surface area contributed by atoms with E-state index in [9.17, 15) is 0 Å². The Balaban J connectivity index is 2.16. The van der Waals surface area contributed by atoms with E-state index in [1.807, 2.05) is 19.4 Å². The second kappa shape index (κ2) is 11.1. The number of ether oxygens (including phenoxy) is 1. The first-order chi connectivity index (χ1) is 10.7. The third kappa shape index (κ3) is 7.45. The highest BCUT2D eigenvalue weighted by molar-refractivity contribution is 5.79. The molecule has 126 valence electrons. The number of guanidine groups is 1. The SMILES string of the molecule is CCOC(CCNC(=NC)NCCCn1ccnc1)C(C)C. The fourth-order valence-corrected chi connectivity index (χ4v) is 2.26. The van der Waals surface area contributed by atoms with Gasteiger partial charge in [0.05, 0.1) is 12.4 Å². The predicted octanol–water partition coefficient (Wildman–Crippen LogP) is 1.89. The van der Waals surface area contributed by atoms with E-state index >= 15 is 0 Å². The van der Waals surface area contributed by atoms with Crippen LogP contribution in [-0.4, -0.2) is 48.4 Å². The molecule has 0 aliphatic heterocycles. The molecular formula is C16H31N5O. The first-order valence-electron chi connectivity index (χ1n) is 8.19. The van der Waals surface area contributed by atoms with E-state index < -0.39 is 0 Å². The van der Waals surface area contributed by atoms with Crippen molar-refractivity contribution in [3.8, 4) is 0 Å². The van der Waals surface area contributed by atoms with Gasteiger partial charge in [0.25, 0.3) is 0 Å². The summed E-state index contributed by atoms with van der Waals surface area (Å²) in [5.74, 6) is 1.39. The van der Waals surface area contributed by atoms with E-state index in [4.69, 9.17) is 4.74 Å². The summed E-state index contributed by atoms with van der Waals surface area (Å²) in [7, 11) is 1.80. The lowest BCUT2D eigenvalue weighted by atomic mass is 10.0. The van der Waals surface area contributed by atoms with Crippen molar-refractivity contribution in [3.63, 3.8) is 0 Å². The van der Waals surface area contributed by atoms with Gasteiger partial charge in [0.1, 0.15) is 0 Å². The minimum absolute atomic E-state index is 0.303. The van der Waals surface area contributed by atoms with Gasteiger partial charge in [0, 0.05) is 45.7 Å². The van der Waals surface area contributed by atoms with E-state index in [-0.39, 0.29) is 0 Å². The topological polar surface area (TPSA) is 63.5 Å². The molecule has 0 amide bonds. The summed E-state index contributed by atoms with van der Waals surface area (Å²) in [4.78, 5) is 8.28. The van der Waals surface area contributed by atoms with E-state index in [1.165, 1.54) is 0 Å². The number of rotatable bonds is 10. The monoisotopic (exact) mass is 309 g/mol. The summed E-state index contributed by atoms with van der Waals surface area (Å²) in [5.41, 5.74) is 0. The van der Waals surface area contributed by atoms with Crippen LogP contribution >= 0.6 is 0 Å². The van der Waals surface area contributed by atoms with Crippen molar-refractivity contribution in [3.05, 3.63) is 18.7 Å². The Kier molecular flexibility index (Phi) is 9.30. The van der Waals surface area contributed by atoms with Gasteiger partial charge in [0.2, 0.25) is 0 Å². The summed E-state index contributed by atoms with van der Waals surface area (Å²) >= 11 is 0. The molecule has 0 aliphatic rings. The van der Waals surface area contributed by atoms with Crippen molar-refractivity contribution in [1.82, 2.24) is 20.2 Å². The molecule has 1 unspecified atom stereocenters. The van der Waals surface area contributed by atoms with Crippen molar-refractivity contribution in [2.75, 3.05) is 26.7 Å². The number of nitrogens with one attached hydrogen (secondary N) is 2. The number of aliphatic imine (C=N–C) groups is 1. The van der Waals surface area contributed by atoms with Crippen molar-refractivity contribution in [2.45, 2.75) is 46.3 Å². The summed E-state index contributed by atoms with van der Waals surface area (Å²) in [5, 5.41) is 6.68. The highest BCUT2D eigenvalue weighted by Crippen LogP contribution is 2.09. The normalized spacial score (nSPS) is 13.4. The maximum Gasteiger partial charge on any atom is 0.190 e. The molecule has 0 bridgehead atoms. The molecule has 22 heavy (non-hydrogen) atoms. The van der Waals surface area contributed by atoms with Crippen LogP contribution in [0.25, 0.3) is 0 Å². The lowest BCUT2D eigenvalue weighted by Gasteiger charge is -2.21. The summed E-state index contributed by atoms with van der Waals surface area (Å²) in [6.07, 6.45) is 7.94. The van der Waals surface area contributed by atoms with Gasteiger partial charge in [-0.1, -0.05) is 13.8 Å². The van der Waals surface area contributed by atoms with Crippen LogP contribution in [0.2, 0.25) is 0 Å². The van der Waals surface area contributed by atoms with Gasteiger partial charge < -0.3 is 19.9 Å². The fourth-order valence-electron chi connectivity index (χ4n) is 2.26. The highest BCUT2D eigenvalue weighted by Gasteiger charge is 2.12. The maximum absolute atomic E-state index is 5.75. The molecule has 0 saturated carbocycles. The fraction of sp³-hybridized carbons (Fsp3) is 0.750.